The van der Waals surface area contributed by atoms with E-state index in [9.17, 15) is 13.2 Å². The van der Waals surface area contributed by atoms with E-state index in [4.69, 9.17) is 9.47 Å². The molecule has 31 heavy (non-hydrogen) atoms. The highest BCUT2D eigenvalue weighted by Gasteiger charge is 2.16. The van der Waals surface area contributed by atoms with Gasteiger partial charge >= 0.3 is 0 Å². The Morgan fingerprint density at radius 2 is 1.68 bits per heavy atom. The van der Waals surface area contributed by atoms with Gasteiger partial charge in [-0.25, -0.2) is 8.42 Å². The summed E-state index contributed by atoms with van der Waals surface area (Å²) < 4.78 is 38.7. The zero-order valence-electron chi connectivity index (χ0n) is 16.9. The van der Waals surface area contributed by atoms with E-state index in [1.165, 1.54) is 12.1 Å². The normalized spacial score (nSPS) is 12.8. The summed E-state index contributed by atoms with van der Waals surface area (Å²) in [5.74, 6) is 1.12. The summed E-state index contributed by atoms with van der Waals surface area (Å²) in [5.41, 5.74) is 2.40. The molecule has 160 valence electrons. The van der Waals surface area contributed by atoms with Gasteiger partial charge in [0.05, 0.1) is 10.6 Å². The molecule has 8 heteroatoms. The van der Waals surface area contributed by atoms with Gasteiger partial charge in [-0.15, -0.1) is 0 Å². The Morgan fingerprint density at radius 1 is 0.935 bits per heavy atom. The Hall–Kier alpha value is -3.52. The highest BCUT2D eigenvalue weighted by Crippen LogP contribution is 2.30. The van der Waals surface area contributed by atoms with E-state index < -0.39 is 10.0 Å². The zero-order valence-corrected chi connectivity index (χ0v) is 17.7. The zero-order chi connectivity index (χ0) is 21.8. The van der Waals surface area contributed by atoms with Crippen LogP contribution in [0.25, 0.3) is 0 Å². The molecule has 1 aliphatic rings. The van der Waals surface area contributed by atoms with Crippen LogP contribution in [0.5, 0.6) is 11.5 Å². The van der Waals surface area contributed by atoms with Crippen LogP contribution >= 0.6 is 0 Å². The Morgan fingerprint density at radius 3 is 2.42 bits per heavy atom. The average molecular weight is 439 g/mol. The molecule has 1 heterocycles. The van der Waals surface area contributed by atoms with Gasteiger partial charge < -0.3 is 14.8 Å². The van der Waals surface area contributed by atoms with Crippen molar-refractivity contribution < 1.29 is 22.7 Å². The number of sulfonamides is 1. The molecule has 0 saturated heterocycles. The lowest BCUT2D eigenvalue weighted by molar-refractivity contribution is 0.0950. The lowest BCUT2D eigenvalue weighted by atomic mass is 10.1. The molecule has 0 bridgehead atoms. The maximum Gasteiger partial charge on any atom is 0.261 e. The molecule has 0 radical (unpaired) electrons. The number of carbonyl (C=O) groups is 1. The fourth-order valence-electron chi connectivity index (χ4n) is 3.20. The molecule has 0 unspecified atom stereocenters. The second-order valence-electron chi connectivity index (χ2n) is 7.11. The predicted molar refractivity (Wildman–Crippen MR) is 117 cm³/mol. The summed E-state index contributed by atoms with van der Waals surface area (Å²) in [7, 11) is -3.70. The van der Waals surface area contributed by atoms with Crippen molar-refractivity contribution in [1.82, 2.24) is 5.32 Å². The van der Waals surface area contributed by atoms with Crippen molar-refractivity contribution in [2.24, 2.45) is 0 Å². The average Bonchev–Trinajstić information content (AvgIpc) is 2.79. The van der Waals surface area contributed by atoms with E-state index in [0.717, 1.165) is 5.56 Å². The Kier molecular flexibility index (Phi) is 5.81. The van der Waals surface area contributed by atoms with Crippen LogP contribution in [-0.2, 0) is 16.6 Å². The summed E-state index contributed by atoms with van der Waals surface area (Å²) >= 11 is 0. The molecule has 0 fully saturated rings. The first-order valence-electron chi connectivity index (χ1n) is 9.78. The first-order chi connectivity index (χ1) is 14.9. The number of benzene rings is 3. The van der Waals surface area contributed by atoms with E-state index >= 15 is 0 Å². The molecular formula is C23H22N2O5S. The molecule has 4 rings (SSSR count). The van der Waals surface area contributed by atoms with E-state index in [0.29, 0.717) is 48.1 Å². The summed E-state index contributed by atoms with van der Waals surface area (Å²) in [5, 5.41) is 2.87. The number of amides is 1. The molecule has 0 aromatic heterocycles. The van der Waals surface area contributed by atoms with Crippen LogP contribution in [-0.4, -0.2) is 27.5 Å². The maximum absolute atomic E-state index is 12.6. The van der Waals surface area contributed by atoms with Crippen LogP contribution in [0.15, 0.2) is 71.6 Å². The van der Waals surface area contributed by atoms with Gasteiger partial charge in [0.15, 0.2) is 11.5 Å². The SMILES string of the molecule is Cc1cc(C(=O)NCc2ccc3c(c2)OCCO3)ccc1NS(=O)(=O)c1ccccc1. The largest absolute Gasteiger partial charge is 0.486 e. The van der Waals surface area contributed by atoms with Gasteiger partial charge in [0.1, 0.15) is 13.2 Å². The van der Waals surface area contributed by atoms with Gasteiger partial charge in [-0.1, -0.05) is 24.3 Å². The van der Waals surface area contributed by atoms with Crippen molar-refractivity contribution in [1.29, 1.82) is 0 Å². The number of hydrogen-bond acceptors (Lipinski definition) is 5. The van der Waals surface area contributed by atoms with E-state index in [-0.39, 0.29) is 10.8 Å². The van der Waals surface area contributed by atoms with Crippen molar-refractivity contribution in [2.45, 2.75) is 18.4 Å². The van der Waals surface area contributed by atoms with Gasteiger partial charge in [0, 0.05) is 12.1 Å². The molecule has 1 amide bonds. The van der Waals surface area contributed by atoms with Crippen molar-refractivity contribution in [3.63, 3.8) is 0 Å². The minimum Gasteiger partial charge on any atom is -0.486 e. The van der Waals surface area contributed by atoms with Crippen LogP contribution < -0.4 is 19.5 Å². The van der Waals surface area contributed by atoms with Crippen LogP contribution in [0.3, 0.4) is 0 Å². The smallest absolute Gasteiger partial charge is 0.261 e. The number of rotatable bonds is 6. The summed E-state index contributed by atoms with van der Waals surface area (Å²) in [6.45, 7) is 3.11. The molecule has 7 nitrogen and oxygen atoms in total. The first kappa shape index (κ1) is 20.7. The molecule has 0 aliphatic carbocycles. The maximum atomic E-state index is 12.6. The number of nitrogens with one attached hydrogen (secondary N) is 2. The van der Waals surface area contributed by atoms with Gasteiger partial charge in [-0.05, 0) is 60.5 Å². The quantitative estimate of drug-likeness (QED) is 0.614. The molecule has 2 N–H and O–H groups in total. The Labute approximate surface area is 181 Å². The topological polar surface area (TPSA) is 93.7 Å². The van der Waals surface area contributed by atoms with Crippen LogP contribution in [0.4, 0.5) is 5.69 Å². The molecule has 3 aromatic rings. The third kappa shape index (κ3) is 4.80. The van der Waals surface area contributed by atoms with Gasteiger partial charge in [-0.3, -0.25) is 9.52 Å². The monoisotopic (exact) mass is 438 g/mol. The number of hydrogen-bond donors (Lipinski definition) is 2. The second-order valence-corrected chi connectivity index (χ2v) is 8.79. The van der Waals surface area contributed by atoms with Gasteiger partial charge in [-0.2, -0.15) is 0 Å². The lowest BCUT2D eigenvalue weighted by Crippen LogP contribution is -2.23. The minimum absolute atomic E-state index is 0.177. The van der Waals surface area contributed by atoms with Crippen LogP contribution in [0, 0.1) is 6.92 Å². The second kappa shape index (κ2) is 8.69. The van der Waals surface area contributed by atoms with E-state index in [1.807, 2.05) is 18.2 Å². The van der Waals surface area contributed by atoms with Gasteiger partial charge in [0.2, 0.25) is 0 Å². The number of carbonyl (C=O) groups excluding carboxylic acids is 1. The van der Waals surface area contributed by atoms with Crippen molar-refractivity contribution in [3.8, 4) is 11.5 Å². The number of fused-ring (bicyclic) bond motifs is 1. The number of anilines is 1. The summed E-state index contributed by atoms with van der Waals surface area (Å²) in [6.07, 6.45) is 0. The fourth-order valence-corrected chi connectivity index (χ4v) is 4.36. The number of aryl methyl sites for hydroxylation is 1. The van der Waals surface area contributed by atoms with Crippen molar-refractivity contribution in [2.75, 3.05) is 17.9 Å². The summed E-state index contributed by atoms with van der Waals surface area (Å²) in [4.78, 5) is 12.7. The van der Waals surface area contributed by atoms with Crippen LogP contribution in [0.1, 0.15) is 21.5 Å². The van der Waals surface area contributed by atoms with E-state index in [1.54, 1.807) is 43.3 Å². The van der Waals surface area contributed by atoms with Crippen LogP contribution in [0.2, 0.25) is 0 Å². The van der Waals surface area contributed by atoms with Gasteiger partial charge in [0.25, 0.3) is 15.9 Å². The summed E-state index contributed by atoms with van der Waals surface area (Å²) in [6, 6.07) is 18.5. The minimum atomic E-state index is -3.70. The highest BCUT2D eigenvalue weighted by atomic mass is 32.2. The highest BCUT2D eigenvalue weighted by molar-refractivity contribution is 7.92. The molecule has 3 aromatic carbocycles. The fraction of sp³-hybridized carbons (Fsp3) is 0.174. The molecule has 0 spiro atoms. The van der Waals surface area contributed by atoms with Crippen molar-refractivity contribution >= 4 is 21.6 Å². The third-order valence-electron chi connectivity index (χ3n) is 4.85. The molecule has 0 saturated carbocycles. The first-order valence-corrected chi connectivity index (χ1v) is 11.3. The number of ether oxygens (including phenoxy) is 2. The third-order valence-corrected chi connectivity index (χ3v) is 6.23. The Balaban J connectivity index is 1.42. The lowest BCUT2D eigenvalue weighted by Gasteiger charge is -2.19. The molecular weight excluding hydrogens is 416 g/mol. The standard InChI is InChI=1S/C23H22N2O5S/c1-16-13-18(8-9-20(16)25-31(27,28)19-5-3-2-4-6-19)23(26)24-15-17-7-10-21-22(14-17)30-12-11-29-21/h2-10,13-14,25H,11-12,15H2,1H3,(H,24,26). The predicted octanol–water partition coefficient (Wildman–Crippen LogP) is 3.50. The molecule has 1 aliphatic heterocycles. The van der Waals surface area contributed by atoms with Crippen molar-refractivity contribution in [3.05, 3.63) is 83.4 Å². The molecule has 0 atom stereocenters. The Bertz CT molecular complexity index is 1210. The van der Waals surface area contributed by atoms with E-state index in [2.05, 4.69) is 10.0 Å².